The van der Waals surface area contributed by atoms with Gasteiger partial charge < -0.3 is 20.1 Å². The zero-order valence-electron chi connectivity index (χ0n) is 21.6. The zero-order chi connectivity index (χ0) is 29.2. The van der Waals surface area contributed by atoms with Crippen molar-refractivity contribution in [2.75, 3.05) is 17.7 Å². The number of benzene rings is 4. The number of esters is 1. The van der Waals surface area contributed by atoms with Crippen molar-refractivity contribution in [1.29, 1.82) is 0 Å². The molecule has 0 saturated heterocycles. The summed E-state index contributed by atoms with van der Waals surface area (Å²) in [5.74, 6) is -2.68. The average molecular weight is 571 g/mol. The Labute approximate surface area is 239 Å². The van der Waals surface area contributed by atoms with Gasteiger partial charge in [0.05, 0.1) is 30.1 Å². The van der Waals surface area contributed by atoms with Gasteiger partial charge in [0, 0.05) is 10.7 Å². The Hall–Kier alpha value is -5.48. The number of nitrogens with zero attached hydrogens (tertiary/aromatic N) is 1. The van der Waals surface area contributed by atoms with E-state index in [2.05, 4.69) is 21.2 Å². The topological polar surface area (TPSA) is 135 Å². The van der Waals surface area contributed by atoms with Crippen molar-refractivity contribution in [3.05, 3.63) is 119 Å². The molecule has 0 spiro atoms. The second-order valence-electron chi connectivity index (χ2n) is 8.33. The molecule has 0 aliphatic heterocycles. The van der Waals surface area contributed by atoms with Gasteiger partial charge >= 0.3 is 17.8 Å². The monoisotopic (exact) mass is 570 g/mol. The van der Waals surface area contributed by atoms with Gasteiger partial charge in [-0.15, -0.1) is 0 Å². The van der Waals surface area contributed by atoms with Crippen LogP contribution in [0.4, 0.5) is 11.4 Å². The largest absolute Gasteiger partial charge is 0.493 e. The van der Waals surface area contributed by atoms with E-state index in [-0.39, 0.29) is 22.7 Å². The highest BCUT2D eigenvalue weighted by atomic mass is 35.5. The molecule has 41 heavy (non-hydrogen) atoms. The Balaban J connectivity index is 1.35. The molecule has 0 fully saturated rings. The van der Waals surface area contributed by atoms with Gasteiger partial charge in [-0.2, -0.15) is 5.10 Å². The lowest BCUT2D eigenvalue weighted by atomic mass is 10.1. The van der Waals surface area contributed by atoms with E-state index >= 15 is 0 Å². The molecule has 0 unspecified atom stereocenters. The third-order valence-electron chi connectivity index (χ3n) is 5.51. The van der Waals surface area contributed by atoms with Crippen LogP contribution in [0.1, 0.15) is 26.3 Å². The molecular formula is C30H23ClN4O6. The fraction of sp³-hybridized carbons (Fsp3) is 0.0333. The molecule has 0 aliphatic rings. The fourth-order valence-electron chi connectivity index (χ4n) is 3.50. The number of carbonyl (C=O) groups excluding carboxylic acids is 4. The first kappa shape index (κ1) is 28.5. The number of hydrogen-bond donors (Lipinski definition) is 3. The molecule has 0 aliphatic carbocycles. The summed E-state index contributed by atoms with van der Waals surface area (Å²) in [5, 5.41) is 9.44. The minimum Gasteiger partial charge on any atom is -0.493 e. The van der Waals surface area contributed by atoms with E-state index in [0.717, 1.165) is 0 Å². The summed E-state index contributed by atoms with van der Waals surface area (Å²) < 4.78 is 10.7. The molecule has 0 bridgehead atoms. The fourth-order valence-corrected chi connectivity index (χ4v) is 3.62. The Morgan fingerprint density at radius 1 is 0.780 bits per heavy atom. The third-order valence-corrected chi connectivity index (χ3v) is 5.76. The summed E-state index contributed by atoms with van der Waals surface area (Å²) in [7, 11) is 1.41. The number of ether oxygens (including phenoxy) is 2. The molecule has 206 valence electrons. The van der Waals surface area contributed by atoms with E-state index in [9.17, 15) is 19.2 Å². The van der Waals surface area contributed by atoms with Crippen LogP contribution < -0.4 is 25.5 Å². The van der Waals surface area contributed by atoms with Gasteiger partial charge in [-0.1, -0.05) is 41.9 Å². The lowest BCUT2D eigenvalue weighted by Crippen LogP contribution is -2.33. The lowest BCUT2D eigenvalue weighted by molar-refractivity contribution is -0.136. The van der Waals surface area contributed by atoms with Crippen molar-refractivity contribution in [2.24, 2.45) is 5.10 Å². The Kier molecular flexibility index (Phi) is 9.42. The normalized spacial score (nSPS) is 10.5. The number of hydrogen-bond acceptors (Lipinski definition) is 7. The summed E-state index contributed by atoms with van der Waals surface area (Å²) in [6.45, 7) is 0. The summed E-state index contributed by atoms with van der Waals surface area (Å²) >= 11 is 5.87. The van der Waals surface area contributed by atoms with Crippen LogP contribution in [0.25, 0.3) is 0 Å². The standard InChI is InChI=1S/C30H23ClN4O6/c1-40-26-17-19(11-16-25(26)41-30(39)20-7-3-2-4-8-20)18-32-35-29(38)28(37)34-24-10-6-5-9-23(24)27(36)33-22-14-12-21(31)13-15-22/h2-18H,1H3,(H,33,36)(H,34,37)(H,35,38). The molecule has 3 N–H and O–H groups in total. The van der Waals surface area contributed by atoms with Gasteiger partial charge in [-0.05, 0) is 72.3 Å². The van der Waals surface area contributed by atoms with Gasteiger partial charge in [0.2, 0.25) is 0 Å². The molecule has 4 aromatic carbocycles. The van der Waals surface area contributed by atoms with Gasteiger partial charge in [-0.25, -0.2) is 10.2 Å². The van der Waals surface area contributed by atoms with Crippen LogP contribution in [0.15, 0.2) is 102 Å². The Morgan fingerprint density at radius 3 is 2.22 bits per heavy atom. The number of hydrazone groups is 1. The van der Waals surface area contributed by atoms with E-state index in [0.29, 0.717) is 21.8 Å². The molecule has 4 rings (SSSR count). The quantitative estimate of drug-likeness (QED) is 0.0905. The smallest absolute Gasteiger partial charge is 0.343 e. The maximum Gasteiger partial charge on any atom is 0.343 e. The summed E-state index contributed by atoms with van der Waals surface area (Å²) in [6.07, 6.45) is 1.28. The van der Waals surface area contributed by atoms with Gasteiger partial charge in [0.25, 0.3) is 5.91 Å². The van der Waals surface area contributed by atoms with E-state index in [4.69, 9.17) is 21.1 Å². The number of amides is 3. The van der Waals surface area contributed by atoms with Crippen molar-refractivity contribution >= 4 is 52.9 Å². The molecular weight excluding hydrogens is 548 g/mol. The maximum atomic E-state index is 12.8. The molecule has 10 nitrogen and oxygen atoms in total. The van der Waals surface area contributed by atoms with Crippen LogP contribution in [0, 0.1) is 0 Å². The van der Waals surface area contributed by atoms with E-state index < -0.39 is 23.7 Å². The molecule has 3 amide bonds. The van der Waals surface area contributed by atoms with Crippen molar-refractivity contribution in [3.8, 4) is 11.5 Å². The molecule has 0 atom stereocenters. The van der Waals surface area contributed by atoms with E-state index in [1.54, 1.807) is 78.9 Å². The van der Waals surface area contributed by atoms with Crippen LogP contribution in [-0.4, -0.2) is 37.0 Å². The summed E-state index contributed by atoms with van der Waals surface area (Å²) in [6, 6.07) is 25.9. The molecule has 0 saturated carbocycles. The highest BCUT2D eigenvalue weighted by Gasteiger charge is 2.18. The molecule has 11 heteroatoms. The highest BCUT2D eigenvalue weighted by Crippen LogP contribution is 2.28. The lowest BCUT2D eigenvalue weighted by Gasteiger charge is -2.11. The third kappa shape index (κ3) is 7.78. The van der Waals surface area contributed by atoms with Crippen molar-refractivity contribution in [3.63, 3.8) is 0 Å². The first-order valence-corrected chi connectivity index (χ1v) is 12.5. The van der Waals surface area contributed by atoms with Crippen molar-refractivity contribution < 1.29 is 28.7 Å². The Morgan fingerprint density at radius 2 is 1.49 bits per heavy atom. The minimum atomic E-state index is -1.06. The van der Waals surface area contributed by atoms with Crippen molar-refractivity contribution in [1.82, 2.24) is 5.43 Å². The maximum absolute atomic E-state index is 12.8. The summed E-state index contributed by atoms with van der Waals surface area (Å²) in [5.41, 5.74) is 3.79. The number of methoxy groups -OCH3 is 1. The molecule has 0 radical (unpaired) electrons. The summed E-state index contributed by atoms with van der Waals surface area (Å²) in [4.78, 5) is 49.9. The number of carbonyl (C=O) groups is 4. The molecule has 4 aromatic rings. The Bertz CT molecular complexity index is 1610. The first-order valence-electron chi connectivity index (χ1n) is 12.1. The van der Waals surface area contributed by atoms with Crippen LogP contribution in [0.5, 0.6) is 11.5 Å². The number of halogens is 1. The average Bonchev–Trinajstić information content (AvgIpc) is 2.99. The van der Waals surface area contributed by atoms with Crippen LogP contribution in [0.2, 0.25) is 5.02 Å². The molecule has 0 aromatic heterocycles. The van der Waals surface area contributed by atoms with E-state index in [1.165, 1.54) is 31.5 Å². The zero-order valence-corrected chi connectivity index (χ0v) is 22.3. The van der Waals surface area contributed by atoms with Crippen LogP contribution >= 0.6 is 11.6 Å². The molecule has 0 heterocycles. The van der Waals surface area contributed by atoms with Crippen molar-refractivity contribution in [2.45, 2.75) is 0 Å². The predicted molar refractivity (Wildman–Crippen MR) is 155 cm³/mol. The highest BCUT2D eigenvalue weighted by molar-refractivity contribution is 6.40. The number of nitrogens with one attached hydrogen (secondary N) is 3. The minimum absolute atomic E-state index is 0.133. The van der Waals surface area contributed by atoms with Gasteiger partial charge in [0.15, 0.2) is 11.5 Å². The van der Waals surface area contributed by atoms with Gasteiger partial charge in [-0.3, -0.25) is 14.4 Å². The SMILES string of the molecule is COc1cc(C=NNC(=O)C(=O)Nc2ccccc2C(=O)Nc2ccc(Cl)cc2)ccc1OC(=O)c1ccccc1. The first-order chi connectivity index (χ1) is 19.8. The van der Waals surface area contributed by atoms with Crippen LogP contribution in [-0.2, 0) is 9.59 Å². The number of para-hydroxylation sites is 1. The van der Waals surface area contributed by atoms with Gasteiger partial charge in [0.1, 0.15) is 0 Å². The number of rotatable bonds is 8. The predicted octanol–water partition coefficient (Wildman–Crippen LogP) is 4.91. The van der Waals surface area contributed by atoms with E-state index in [1.807, 2.05) is 0 Å². The second kappa shape index (κ2) is 13.5. The second-order valence-corrected chi connectivity index (χ2v) is 8.76. The van der Waals surface area contributed by atoms with Crippen LogP contribution in [0.3, 0.4) is 0 Å². The number of anilines is 2.